The number of nitrogens with one attached hydrogen (secondary N) is 2. The summed E-state index contributed by atoms with van der Waals surface area (Å²) in [5.41, 5.74) is 5.07. The molecule has 0 fully saturated rings. The van der Waals surface area contributed by atoms with E-state index in [-0.39, 0.29) is 24.2 Å². The summed E-state index contributed by atoms with van der Waals surface area (Å²) in [7, 11) is 0. The fourth-order valence-electron chi connectivity index (χ4n) is 4.04. The van der Waals surface area contributed by atoms with Crippen molar-refractivity contribution in [3.8, 4) is 11.1 Å². The van der Waals surface area contributed by atoms with Crippen molar-refractivity contribution in [2.75, 3.05) is 11.9 Å². The molecule has 4 rings (SSSR count). The number of ketones is 1. The molecule has 0 aliphatic heterocycles. The number of carbonyl (C=O) groups is 2. The van der Waals surface area contributed by atoms with Crippen LogP contribution in [0.15, 0.2) is 85.3 Å². The Bertz CT molecular complexity index is 1310. The number of carbonyl (C=O) groups excluding carboxylic acids is 2. The summed E-state index contributed by atoms with van der Waals surface area (Å²) >= 11 is 0. The van der Waals surface area contributed by atoms with Crippen LogP contribution in [0, 0.1) is 6.92 Å². The molecule has 0 saturated heterocycles. The van der Waals surface area contributed by atoms with Crippen LogP contribution in [0.4, 0.5) is 5.82 Å². The number of aromatic nitrogens is 3. The number of benzene rings is 2. The second-order valence-corrected chi connectivity index (χ2v) is 9.30. The van der Waals surface area contributed by atoms with Crippen molar-refractivity contribution in [1.29, 1.82) is 0 Å². The Kier molecular flexibility index (Phi) is 8.59. The lowest BCUT2D eigenvalue weighted by atomic mass is 9.98. The maximum Gasteiger partial charge on any atom is 0.247 e. The van der Waals surface area contributed by atoms with E-state index >= 15 is 0 Å². The zero-order chi connectivity index (χ0) is 26.2. The predicted molar refractivity (Wildman–Crippen MR) is 146 cm³/mol. The van der Waals surface area contributed by atoms with Crippen molar-refractivity contribution >= 4 is 17.5 Å². The molecule has 0 radical (unpaired) electrons. The predicted octanol–water partition coefficient (Wildman–Crippen LogP) is 5.31. The van der Waals surface area contributed by atoms with Crippen molar-refractivity contribution in [3.63, 3.8) is 0 Å². The van der Waals surface area contributed by atoms with E-state index in [9.17, 15) is 9.59 Å². The van der Waals surface area contributed by atoms with E-state index in [4.69, 9.17) is 0 Å². The Morgan fingerprint density at radius 3 is 2.35 bits per heavy atom. The molecule has 0 aliphatic rings. The molecule has 2 aromatic carbocycles. The fourth-order valence-corrected chi connectivity index (χ4v) is 4.04. The first kappa shape index (κ1) is 26.0. The molecular formula is C30H33N5O2. The SMILES string of the molecule is CCC(=O)Cn1cc(-c2ccc(NC(=O)[C@@H](NCC(C)c3ccc(C)cc3)c3ccccc3)nc2)cn1. The van der Waals surface area contributed by atoms with Gasteiger partial charge in [-0.2, -0.15) is 5.10 Å². The number of pyridine rings is 1. The van der Waals surface area contributed by atoms with Gasteiger partial charge in [0.05, 0.1) is 12.7 Å². The zero-order valence-electron chi connectivity index (χ0n) is 21.5. The van der Waals surface area contributed by atoms with Gasteiger partial charge in [-0.1, -0.05) is 74.0 Å². The van der Waals surface area contributed by atoms with E-state index in [0.717, 1.165) is 16.7 Å². The third-order valence-electron chi connectivity index (χ3n) is 6.38. The van der Waals surface area contributed by atoms with Crippen LogP contribution in [0.25, 0.3) is 11.1 Å². The molecule has 0 aliphatic carbocycles. The van der Waals surface area contributed by atoms with Crippen molar-refractivity contribution in [1.82, 2.24) is 20.1 Å². The number of aryl methyl sites for hydroxylation is 1. The maximum absolute atomic E-state index is 13.3. The van der Waals surface area contributed by atoms with Gasteiger partial charge in [-0.3, -0.25) is 14.3 Å². The van der Waals surface area contributed by atoms with Crippen LogP contribution < -0.4 is 10.6 Å². The Morgan fingerprint density at radius 2 is 1.68 bits per heavy atom. The summed E-state index contributed by atoms with van der Waals surface area (Å²) in [6, 6.07) is 21.3. The van der Waals surface area contributed by atoms with Gasteiger partial charge in [0.25, 0.3) is 0 Å². The first-order chi connectivity index (χ1) is 17.9. The summed E-state index contributed by atoms with van der Waals surface area (Å²) in [4.78, 5) is 29.5. The number of anilines is 1. The van der Waals surface area contributed by atoms with E-state index in [0.29, 0.717) is 18.8 Å². The summed E-state index contributed by atoms with van der Waals surface area (Å²) in [6.45, 7) is 6.97. The molecule has 2 aromatic heterocycles. The molecule has 0 bridgehead atoms. The van der Waals surface area contributed by atoms with Gasteiger partial charge < -0.3 is 10.6 Å². The van der Waals surface area contributed by atoms with Gasteiger partial charge in [-0.15, -0.1) is 0 Å². The van der Waals surface area contributed by atoms with Crippen LogP contribution in [-0.4, -0.2) is 33.0 Å². The monoisotopic (exact) mass is 495 g/mol. The van der Waals surface area contributed by atoms with Crippen LogP contribution in [0.2, 0.25) is 0 Å². The summed E-state index contributed by atoms with van der Waals surface area (Å²) in [6.07, 6.45) is 5.72. The highest BCUT2D eigenvalue weighted by Gasteiger charge is 2.22. The molecule has 0 spiro atoms. The lowest BCUT2D eigenvalue weighted by Crippen LogP contribution is -2.35. The molecule has 7 heteroatoms. The third-order valence-corrected chi connectivity index (χ3v) is 6.38. The van der Waals surface area contributed by atoms with Crippen molar-refractivity contribution in [2.45, 2.75) is 45.7 Å². The van der Waals surface area contributed by atoms with Gasteiger partial charge in [0.2, 0.25) is 5.91 Å². The van der Waals surface area contributed by atoms with Gasteiger partial charge in [-0.05, 0) is 36.1 Å². The molecule has 190 valence electrons. The normalized spacial score (nSPS) is 12.6. The smallest absolute Gasteiger partial charge is 0.247 e. The minimum Gasteiger partial charge on any atom is -0.309 e. The number of amides is 1. The van der Waals surface area contributed by atoms with Gasteiger partial charge >= 0.3 is 0 Å². The van der Waals surface area contributed by atoms with E-state index in [1.807, 2.05) is 49.5 Å². The van der Waals surface area contributed by atoms with Crippen molar-refractivity contribution < 1.29 is 9.59 Å². The van der Waals surface area contributed by atoms with E-state index in [1.54, 1.807) is 23.1 Å². The van der Waals surface area contributed by atoms with Crippen LogP contribution in [0.5, 0.6) is 0 Å². The van der Waals surface area contributed by atoms with Gasteiger partial charge in [0.15, 0.2) is 5.78 Å². The molecule has 4 aromatic rings. The van der Waals surface area contributed by atoms with E-state index in [1.165, 1.54) is 11.1 Å². The summed E-state index contributed by atoms with van der Waals surface area (Å²) in [5, 5.41) is 10.7. The molecular weight excluding hydrogens is 462 g/mol. The molecule has 1 amide bonds. The first-order valence-corrected chi connectivity index (χ1v) is 12.6. The Balaban J connectivity index is 1.43. The molecule has 2 heterocycles. The van der Waals surface area contributed by atoms with Crippen molar-refractivity contribution in [2.24, 2.45) is 0 Å². The van der Waals surface area contributed by atoms with Crippen molar-refractivity contribution in [3.05, 3.63) is 102 Å². The molecule has 1 unspecified atom stereocenters. The van der Waals surface area contributed by atoms with Gasteiger partial charge in [-0.25, -0.2) is 4.98 Å². The molecule has 37 heavy (non-hydrogen) atoms. The number of Topliss-reactive ketones (excluding diaryl/α,β-unsaturated/α-hetero) is 1. The Morgan fingerprint density at radius 1 is 0.919 bits per heavy atom. The second-order valence-electron chi connectivity index (χ2n) is 9.30. The quantitative estimate of drug-likeness (QED) is 0.295. The number of rotatable bonds is 11. The minimum atomic E-state index is -0.523. The highest BCUT2D eigenvalue weighted by Crippen LogP contribution is 2.22. The number of nitrogens with zero attached hydrogens (tertiary/aromatic N) is 3. The van der Waals surface area contributed by atoms with Crippen LogP contribution in [-0.2, 0) is 16.1 Å². The molecule has 0 saturated carbocycles. The first-order valence-electron chi connectivity index (χ1n) is 12.6. The zero-order valence-corrected chi connectivity index (χ0v) is 21.5. The number of hydrogen-bond donors (Lipinski definition) is 2. The molecule has 2 N–H and O–H groups in total. The van der Waals surface area contributed by atoms with Crippen LogP contribution in [0.1, 0.15) is 48.9 Å². The number of hydrogen-bond acceptors (Lipinski definition) is 5. The maximum atomic E-state index is 13.3. The lowest BCUT2D eigenvalue weighted by Gasteiger charge is -2.21. The van der Waals surface area contributed by atoms with Crippen LogP contribution in [0.3, 0.4) is 0 Å². The highest BCUT2D eigenvalue weighted by atomic mass is 16.2. The standard InChI is InChI=1S/C30H33N5O2/c1-4-27(36)20-35-19-26(18-33-35)25-14-15-28(31-17-25)34-30(37)29(24-8-6-5-7-9-24)32-16-22(3)23-12-10-21(2)11-13-23/h5-15,17-19,22,29,32H,4,16,20H2,1-3H3,(H,31,34,37)/t22?,29-/m0/s1. The molecule has 7 nitrogen and oxygen atoms in total. The largest absolute Gasteiger partial charge is 0.309 e. The van der Waals surface area contributed by atoms with Gasteiger partial charge in [0.1, 0.15) is 11.9 Å². The Labute approximate surface area is 218 Å². The average molecular weight is 496 g/mol. The average Bonchev–Trinajstić information content (AvgIpc) is 3.38. The highest BCUT2D eigenvalue weighted by molar-refractivity contribution is 5.95. The Hall–Kier alpha value is -4.10. The molecule has 2 atom stereocenters. The fraction of sp³-hybridized carbons (Fsp3) is 0.267. The minimum absolute atomic E-state index is 0.126. The van der Waals surface area contributed by atoms with E-state index in [2.05, 4.69) is 58.8 Å². The topological polar surface area (TPSA) is 88.9 Å². The third kappa shape index (κ3) is 6.98. The van der Waals surface area contributed by atoms with Crippen LogP contribution >= 0.6 is 0 Å². The van der Waals surface area contributed by atoms with Gasteiger partial charge in [0, 0.05) is 36.5 Å². The lowest BCUT2D eigenvalue weighted by molar-refractivity contribution is -0.119. The summed E-state index contributed by atoms with van der Waals surface area (Å²) in [5.74, 6) is 0.663. The van der Waals surface area contributed by atoms with E-state index < -0.39 is 6.04 Å². The summed E-state index contributed by atoms with van der Waals surface area (Å²) < 4.78 is 1.63. The second kappa shape index (κ2) is 12.2.